The zero-order valence-electron chi connectivity index (χ0n) is 9.30. The zero-order valence-corrected chi connectivity index (χ0v) is 11.7. The molecule has 0 saturated carbocycles. The van der Waals surface area contributed by atoms with Gasteiger partial charge in [-0.25, -0.2) is 0 Å². The molecule has 0 aliphatic heterocycles. The van der Waals surface area contributed by atoms with Crippen molar-refractivity contribution >= 4 is 27.3 Å². The van der Waals surface area contributed by atoms with Gasteiger partial charge in [-0.3, -0.25) is 5.10 Å². The van der Waals surface area contributed by atoms with E-state index in [-0.39, 0.29) is 0 Å². The molecule has 3 nitrogen and oxygen atoms in total. The van der Waals surface area contributed by atoms with Gasteiger partial charge >= 0.3 is 0 Å². The van der Waals surface area contributed by atoms with Crippen molar-refractivity contribution in [2.75, 3.05) is 0 Å². The summed E-state index contributed by atoms with van der Waals surface area (Å²) >= 11 is 5.22. The topological polar surface area (TPSA) is 40.7 Å². The SMILES string of the molecule is Cc1n[nH]c(C)c1CNCc1cc(Br)cs1. The zero-order chi connectivity index (χ0) is 11.5. The molecule has 0 atom stereocenters. The van der Waals surface area contributed by atoms with E-state index in [1.807, 2.05) is 6.92 Å². The Morgan fingerprint density at radius 2 is 2.25 bits per heavy atom. The van der Waals surface area contributed by atoms with E-state index in [1.165, 1.54) is 10.4 Å². The third-order valence-corrected chi connectivity index (χ3v) is 4.20. The van der Waals surface area contributed by atoms with E-state index < -0.39 is 0 Å². The molecule has 0 radical (unpaired) electrons. The molecule has 2 heterocycles. The lowest BCUT2D eigenvalue weighted by atomic mass is 10.2. The first-order valence-electron chi connectivity index (χ1n) is 5.11. The summed E-state index contributed by atoms with van der Waals surface area (Å²) < 4.78 is 1.16. The Hall–Kier alpha value is -0.650. The molecule has 86 valence electrons. The molecule has 0 fully saturated rings. The van der Waals surface area contributed by atoms with Crippen LogP contribution in [0.5, 0.6) is 0 Å². The van der Waals surface area contributed by atoms with E-state index in [0.717, 1.165) is 29.0 Å². The van der Waals surface area contributed by atoms with Crippen molar-refractivity contribution in [1.82, 2.24) is 15.5 Å². The lowest BCUT2D eigenvalue weighted by Crippen LogP contribution is -2.12. The first kappa shape index (κ1) is 11.8. The molecule has 0 saturated heterocycles. The van der Waals surface area contributed by atoms with Gasteiger partial charge in [0, 0.05) is 39.1 Å². The van der Waals surface area contributed by atoms with Gasteiger partial charge in [-0.2, -0.15) is 5.10 Å². The number of thiophene rings is 1. The molecule has 16 heavy (non-hydrogen) atoms. The molecule has 0 bridgehead atoms. The van der Waals surface area contributed by atoms with Gasteiger partial charge in [-0.05, 0) is 35.8 Å². The van der Waals surface area contributed by atoms with Crippen molar-refractivity contribution in [2.24, 2.45) is 0 Å². The number of aryl methyl sites for hydroxylation is 2. The lowest BCUT2D eigenvalue weighted by molar-refractivity contribution is 0.695. The van der Waals surface area contributed by atoms with E-state index in [2.05, 4.69) is 49.8 Å². The van der Waals surface area contributed by atoms with Crippen LogP contribution in [-0.4, -0.2) is 10.2 Å². The third kappa shape index (κ3) is 2.72. The maximum Gasteiger partial charge on any atom is 0.0638 e. The van der Waals surface area contributed by atoms with Gasteiger partial charge in [0.2, 0.25) is 0 Å². The Labute approximate surface area is 107 Å². The number of nitrogens with zero attached hydrogens (tertiary/aromatic N) is 1. The van der Waals surface area contributed by atoms with E-state index >= 15 is 0 Å². The maximum absolute atomic E-state index is 4.18. The number of hydrogen-bond acceptors (Lipinski definition) is 3. The van der Waals surface area contributed by atoms with Crippen molar-refractivity contribution in [1.29, 1.82) is 0 Å². The Bertz CT molecular complexity index is 456. The molecule has 0 aliphatic rings. The minimum Gasteiger partial charge on any atom is -0.308 e. The highest BCUT2D eigenvalue weighted by atomic mass is 79.9. The second kappa shape index (κ2) is 5.12. The summed E-state index contributed by atoms with van der Waals surface area (Å²) in [7, 11) is 0. The Morgan fingerprint density at radius 3 is 2.81 bits per heavy atom. The standard InChI is InChI=1S/C11H14BrN3S/c1-7-11(8(2)15-14-7)5-13-4-10-3-9(12)6-16-10/h3,6,13H,4-5H2,1-2H3,(H,14,15). The van der Waals surface area contributed by atoms with Crippen molar-refractivity contribution in [3.05, 3.63) is 37.7 Å². The van der Waals surface area contributed by atoms with Gasteiger partial charge in [-0.1, -0.05) is 0 Å². The fourth-order valence-corrected chi connectivity index (χ4v) is 3.01. The highest BCUT2D eigenvalue weighted by molar-refractivity contribution is 9.10. The predicted octanol–water partition coefficient (Wildman–Crippen LogP) is 3.14. The lowest BCUT2D eigenvalue weighted by Gasteiger charge is -2.03. The average Bonchev–Trinajstić information content (AvgIpc) is 2.78. The van der Waals surface area contributed by atoms with Crippen molar-refractivity contribution in [2.45, 2.75) is 26.9 Å². The highest BCUT2D eigenvalue weighted by Gasteiger charge is 2.05. The molecule has 2 aromatic rings. The van der Waals surface area contributed by atoms with E-state index in [9.17, 15) is 0 Å². The van der Waals surface area contributed by atoms with Crippen LogP contribution >= 0.6 is 27.3 Å². The Balaban J connectivity index is 1.89. The molecule has 0 amide bonds. The minimum absolute atomic E-state index is 0.865. The summed E-state index contributed by atoms with van der Waals surface area (Å²) in [4.78, 5) is 1.34. The van der Waals surface area contributed by atoms with E-state index in [1.54, 1.807) is 11.3 Å². The summed E-state index contributed by atoms with van der Waals surface area (Å²) in [5, 5.41) is 12.7. The molecule has 0 spiro atoms. The minimum atomic E-state index is 0.865. The summed E-state index contributed by atoms with van der Waals surface area (Å²) in [5.74, 6) is 0. The van der Waals surface area contributed by atoms with Gasteiger partial charge in [0.1, 0.15) is 0 Å². The van der Waals surface area contributed by atoms with Gasteiger partial charge in [0.15, 0.2) is 0 Å². The van der Waals surface area contributed by atoms with Gasteiger partial charge < -0.3 is 5.32 Å². The van der Waals surface area contributed by atoms with Crippen LogP contribution in [0.1, 0.15) is 21.8 Å². The third-order valence-electron chi connectivity index (χ3n) is 2.50. The molecule has 2 N–H and O–H groups in total. The van der Waals surface area contributed by atoms with Crippen LogP contribution in [0.25, 0.3) is 0 Å². The fourth-order valence-electron chi connectivity index (χ4n) is 1.59. The summed E-state index contributed by atoms with van der Waals surface area (Å²) in [5.41, 5.74) is 3.50. The van der Waals surface area contributed by atoms with Crippen LogP contribution in [0.15, 0.2) is 15.9 Å². The van der Waals surface area contributed by atoms with Gasteiger partial charge in [0.25, 0.3) is 0 Å². The van der Waals surface area contributed by atoms with Crippen molar-refractivity contribution < 1.29 is 0 Å². The number of rotatable bonds is 4. The van der Waals surface area contributed by atoms with E-state index in [0.29, 0.717) is 0 Å². The first-order chi connectivity index (χ1) is 7.66. The maximum atomic E-state index is 4.18. The molecule has 0 aliphatic carbocycles. The summed E-state index contributed by atoms with van der Waals surface area (Å²) in [6, 6.07) is 2.15. The number of aromatic nitrogens is 2. The van der Waals surface area contributed by atoms with Crippen LogP contribution < -0.4 is 5.32 Å². The predicted molar refractivity (Wildman–Crippen MR) is 70.6 cm³/mol. The second-order valence-electron chi connectivity index (χ2n) is 3.75. The van der Waals surface area contributed by atoms with E-state index in [4.69, 9.17) is 0 Å². The smallest absolute Gasteiger partial charge is 0.0638 e. The van der Waals surface area contributed by atoms with Gasteiger partial charge in [-0.15, -0.1) is 11.3 Å². The highest BCUT2D eigenvalue weighted by Crippen LogP contribution is 2.19. The van der Waals surface area contributed by atoms with Gasteiger partial charge in [0.05, 0.1) is 5.69 Å². The summed E-state index contributed by atoms with van der Waals surface area (Å²) in [6.07, 6.45) is 0. The number of hydrogen-bond donors (Lipinski definition) is 2. The molecule has 5 heteroatoms. The Morgan fingerprint density at radius 1 is 1.44 bits per heavy atom. The first-order valence-corrected chi connectivity index (χ1v) is 6.78. The normalized spacial score (nSPS) is 10.9. The van der Waals surface area contributed by atoms with Crippen molar-refractivity contribution in [3.8, 4) is 0 Å². The quantitative estimate of drug-likeness (QED) is 0.910. The van der Waals surface area contributed by atoms with Crippen LogP contribution in [0.3, 0.4) is 0 Å². The molecule has 0 unspecified atom stereocenters. The Kier molecular flexibility index (Phi) is 3.78. The van der Waals surface area contributed by atoms with Crippen LogP contribution in [0.2, 0.25) is 0 Å². The van der Waals surface area contributed by atoms with Crippen LogP contribution in [0, 0.1) is 13.8 Å². The largest absolute Gasteiger partial charge is 0.308 e. The molecule has 0 aromatic carbocycles. The molecular formula is C11H14BrN3S. The number of halogens is 1. The molecule has 2 rings (SSSR count). The number of nitrogens with one attached hydrogen (secondary N) is 2. The number of aromatic amines is 1. The monoisotopic (exact) mass is 299 g/mol. The number of H-pyrrole nitrogens is 1. The van der Waals surface area contributed by atoms with Crippen molar-refractivity contribution in [3.63, 3.8) is 0 Å². The van der Waals surface area contributed by atoms with Crippen LogP contribution in [-0.2, 0) is 13.1 Å². The second-order valence-corrected chi connectivity index (χ2v) is 5.66. The fraction of sp³-hybridized carbons (Fsp3) is 0.364. The average molecular weight is 300 g/mol. The summed E-state index contributed by atoms with van der Waals surface area (Å²) in [6.45, 7) is 5.85. The van der Waals surface area contributed by atoms with Crippen LogP contribution in [0.4, 0.5) is 0 Å². The molecule has 2 aromatic heterocycles. The molecular weight excluding hydrogens is 286 g/mol.